The van der Waals surface area contributed by atoms with Crippen LogP contribution in [0.1, 0.15) is 13.8 Å². The first kappa shape index (κ1) is 12.6. The van der Waals surface area contributed by atoms with Crippen molar-refractivity contribution < 1.29 is 8.78 Å². The molecule has 0 aromatic heterocycles. The summed E-state index contributed by atoms with van der Waals surface area (Å²) in [5.74, 6) is 0. The van der Waals surface area contributed by atoms with E-state index < -0.39 is 6.43 Å². The Labute approximate surface area is 86.2 Å². The Balaban J connectivity index is 4.24. The molecule has 0 unspecified atom stereocenters. The van der Waals surface area contributed by atoms with E-state index in [1.54, 1.807) is 14.0 Å². The summed E-state index contributed by atoms with van der Waals surface area (Å²) in [6.07, 6.45) is 1.37. The second-order valence-electron chi connectivity index (χ2n) is 2.73. The number of nitrogens with zero attached hydrogens (tertiary/aromatic N) is 1. The lowest BCUT2D eigenvalue weighted by Gasteiger charge is -2.18. The van der Waals surface area contributed by atoms with Crippen LogP contribution in [0.4, 0.5) is 8.78 Å². The van der Waals surface area contributed by atoms with Gasteiger partial charge in [0, 0.05) is 17.2 Å². The molecule has 0 radical (unpaired) electrons. The molecule has 13 heavy (non-hydrogen) atoms. The fourth-order valence-corrected chi connectivity index (χ4v) is 1.08. The van der Waals surface area contributed by atoms with Crippen LogP contribution in [-0.4, -0.2) is 24.9 Å². The highest BCUT2D eigenvalue weighted by molar-refractivity contribution is 9.11. The molecular formula is C9H14BrF2N. The lowest BCUT2D eigenvalue weighted by Crippen LogP contribution is -2.22. The molecule has 0 spiro atoms. The molecule has 0 aromatic rings. The first-order chi connectivity index (χ1) is 5.97. The maximum atomic E-state index is 12.0. The summed E-state index contributed by atoms with van der Waals surface area (Å²) >= 11 is 3.28. The molecule has 0 aromatic carbocycles. The van der Waals surface area contributed by atoms with Crippen molar-refractivity contribution in [3.63, 3.8) is 0 Å². The third-order valence-corrected chi connectivity index (χ3v) is 2.32. The zero-order valence-electron chi connectivity index (χ0n) is 8.02. The quantitative estimate of drug-likeness (QED) is 0.695. The molecule has 0 heterocycles. The molecule has 0 amide bonds. The van der Waals surface area contributed by atoms with Crippen LogP contribution in [0, 0.1) is 0 Å². The highest BCUT2D eigenvalue weighted by atomic mass is 79.9. The van der Waals surface area contributed by atoms with Crippen molar-refractivity contribution in [3.8, 4) is 0 Å². The summed E-state index contributed by atoms with van der Waals surface area (Å²) in [4.78, 5) is 1.52. The van der Waals surface area contributed by atoms with Gasteiger partial charge in [-0.05, 0) is 19.9 Å². The van der Waals surface area contributed by atoms with Gasteiger partial charge in [0.25, 0.3) is 6.43 Å². The third kappa shape index (κ3) is 5.80. The van der Waals surface area contributed by atoms with Gasteiger partial charge in [0.05, 0.1) is 6.54 Å². The van der Waals surface area contributed by atoms with Gasteiger partial charge in [-0.15, -0.1) is 0 Å². The monoisotopic (exact) mass is 253 g/mol. The number of allylic oxidation sites excluding steroid dienone is 4. The minimum Gasteiger partial charge on any atom is -0.372 e. The standard InChI is InChI=1S/C9H14BrF2N/c1-4-8(10)5-7(2)13(3)6-9(11)12/h4-5,9H,6H2,1-3H3. The van der Waals surface area contributed by atoms with Gasteiger partial charge < -0.3 is 4.90 Å². The Morgan fingerprint density at radius 1 is 1.54 bits per heavy atom. The van der Waals surface area contributed by atoms with Crippen molar-refractivity contribution in [2.24, 2.45) is 0 Å². The lowest BCUT2D eigenvalue weighted by atomic mass is 10.3. The van der Waals surface area contributed by atoms with Crippen molar-refractivity contribution >= 4 is 15.9 Å². The number of halogens is 3. The summed E-state index contributed by atoms with van der Waals surface area (Å²) in [5.41, 5.74) is 0.810. The minimum atomic E-state index is -2.29. The Kier molecular flexibility index (Phi) is 5.95. The number of hydrogen-bond donors (Lipinski definition) is 0. The lowest BCUT2D eigenvalue weighted by molar-refractivity contribution is 0.113. The first-order valence-corrected chi connectivity index (χ1v) is 4.76. The van der Waals surface area contributed by atoms with Crippen LogP contribution in [0.3, 0.4) is 0 Å². The van der Waals surface area contributed by atoms with Gasteiger partial charge in [0.1, 0.15) is 0 Å². The van der Waals surface area contributed by atoms with Crippen LogP contribution < -0.4 is 0 Å². The maximum absolute atomic E-state index is 12.0. The van der Waals surface area contributed by atoms with Crippen molar-refractivity contribution in [3.05, 3.63) is 22.3 Å². The fraction of sp³-hybridized carbons (Fsp3) is 0.556. The topological polar surface area (TPSA) is 3.24 Å². The summed E-state index contributed by atoms with van der Waals surface area (Å²) in [6.45, 7) is 3.44. The molecule has 0 saturated carbocycles. The predicted molar refractivity (Wildman–Crippen MR) is 55.1 cm³/mol. The molecule has 0 bridgehead atoms. The van der Waals surface area contributed by atoms with E-state index in [-0.39, 0.29) is 6.54 Å². The SMILES string of the molecule is CC=C(Br)C=C(C)N(C)CC(F)F. The highest BCUT2D eigenvalue weighted by Crippen LogP contribution is 2.12. The van der Waals surface area contributed by atoms with Gasteiger partial charge in [-0.1, -0.05) is 22.0 Å². The van der Waals surface area contributed by atoms with Crippen molar-refractivity contribution in [2.75, 3.05) is 13.6 Å². The van der Waals surface area contributed by atoms with E-state index in [9.17, 15) is 8.78 Å². The van der Waals surface area contributed by atoms with E-state index in [4.69, 9.17) is 0 Å². The second-order valence-corrected chi connectivity index (χ2v) is 3.65. The third-order valence-electron chi connectivity index (χ3n) is 1.64. The Hall–Kier alpha value is -0.380. The minimum absolute atomic E-state index is 0.230. The Bertz CT molecular complexity index is 212. The van der Waals surface area contributed by atoms with Crippen molar-refractivity contribution in [1.29, 1.82) is 0 Å². The van der Waals surface area contributed by atoms with Gasteiger partial charge in [-0.2, -0.15) is 0 Å². The normalized spacial score (nSPS) is 13.8. The Morgan fingerprint density at radius 2 is 2.08 bits per heavy atom. The fourth-order valence-electron chi connectivity index (χ4n) is 0.744. The first-order valence-electron chi connectivity index (χ1n) is 3.96. The van der Waals surface area contributed by atoms with E-state index in [1.165, 1.54) is 4.90 Å². The van der Waals surface area contributed by atoms with Gasteiger partial charge in [-0.3, -0.25) is 0 Å². The molecule has 0 aliphatic rings. The van der Waals surface area contributed by atoms with Crippen molar-refractivity contribution in [1.82, 2.24) is 4.90 Å². The molecule has 0 aliphatic heterocycles. The zero-order chi connectivity index (χ0) is 10.4. The van der Waals surface area contributed by atoms with Crippen molar-refractivity contribution in [2.45, 2.75) is 20.3 Å². The summed E-state index contributed by atoms with van der Waals surface area (Å²) in [7, 11) is 1.65. The molecule has 0 N–H and O–H groups in total. The Morgan fingerprint density at radius 3 is 2.46 bits per heavy atom. The molecule has 76 valence electrons. The summed E-state index contributed by atoms with van der Waals surface area (Å²) < 4.78 is 24.8. The largest absolute Gasteiger partial charge is 0.372 e. The van der Waals surface area contributed by atoms with E-state index in [0.717, 1.165) is 10.2 Å². The highest BCUT2D eigenvalue weighted by Gasteiger charge is 2.07. The molecule has 0 saturated heterocycles. The summed E-state index contributed by atoms with van der Waals surface area (Å²) in [6, 6.07) is 0. The maximum Gasteiger partial charge on any atom is 0.255 e. The molecule has 4 heteroatoms. The molecule has 1 nitrogen and oxygen atoms in total. The average Bonchev–Trinajstić information content (AvgIpc) is 2.02. The molecule has 0 rings (SSSR count). The number of rotatable bonds is 4. The van der Waals surface area contributed by atoms with E-state index in [2.05, 4.69) is 15.9 Å². The van der Waals surface area contributed by atoms with E-state index in [0.29, 0.717) is 0 Å². The van der Waals surface area contributed by atoms with Crippen LogP contribution in [0.25, 0.3) is 0 Å². The molecule has 0 aliphatic carbocycles. The number of hydrogen-bond acceptors (Lipinski definition) is 1. The van der Waals surface area contributed by atoms with E-state index in [1.807, 2.05) is 19.1 Å². The number of alkyl halides is 2. The summed E-state index contributed by atoms with van der Waals surface area (Å²) in [5, 5.41) is 0. The van der Waals surface area contributed by atoms with Crippen LogP contribution in [0.5, 0.6) is 0 Å². The van der Waals surface area contributed by atoms with Gasteiger partial charge in [-0.25, -0.2) is 8.78 Å². The van der Waals surface area contributed by atoms with Gasteiger partial charge in [0.15, 0.2) is 0 Å². The van der Waals surface area contributed by atoms with Crippen LogP contribution >= 0.6 is 15.9 Å². The van der Waals surface area contributed by atoms with Crippen LogP contribution in [0.15, 0.2) is 22.3 Å². The smallest absolute Gasteiger partial charge is 0.255 e. The second kappa shape index (κ2) is 6.13. The molecular weight excluding hydrogens is 240 g/mol. The predicted octanol–water partition coefficient (Wildman–Crippen LogP) is 3.39. The van der Waals surface area contributed by atoms with Gasteiger partial charge >= 0.3 is 0 Å². The molecule has 0 fully saturated rings. The van der Waals surface area contributed by atoms with Crippen LogP contribution in [-0.2, 0) is 0 Å². The van der Waals surface area contributed by atoms with Crippen LogP contribution in [0.2, 0.25) is 0 Å². The average molecular weight is 254 g/mol. The molecule has 0 atom stereocenters. The van der Waals surface area contributed by atoms with E-state index >= 15 is 0 Å². The van der Waals surface area contributed by atoms with Gasteiger partial charge in [0.2, 0.25) is 0 Å². The zero-order valence-corrected chi connectivity index (χ0v) is 9.61.